The molecular formula is C17H21N3. The average molecular weight is 267 g/mol. The predicted molar refractivity (Wildman–Crippen MR) is 81.2 cm³/mol. The fraction of sp³-hybridized carbons (Fsp3) is 0.353. The Morgan fingerprint density at radius 2 is 2.15 bits per heavy atom. The monoisotopic (exact) mass is 267 g/mol. The van der Waals surface area contributed by atoms with E-state index in [9.17, 15) is 0 Å². The highest BCUT2D eigenvalue weighted by Gasteiger charge is 2.28. The summed E-state index contributed by atoms with van der Waals surface area (Å²) in [6, 6.07) is 11.0. The normalized spacial score (nSPS) is 19.4. The molecule has 0 bridgehead atoms. The number of nitrogens with one attached hydrogen (secondary N) is 1. The molecule has 0 amide bonds. The molecule has 1 aliphatic rings. The molecule has 1 aliphatic carbocycles. The largest absolute Gasteiger partial charge is 0.271 e. The molecule has 3 rings (SSSR count). The van der Waals surface area contributed by atoms with E-state index in [0.29, 0.717) is 5.92 Å². The van der Waals surface area contributed by atoms with Crippen molar-refractivity contribution in [1.29, 1.82) is 0 Å². The number of nitrogens with two attached hydrogens (primary N) is 1. The topological polar surface area (TPSA) is 50.9 Å². The van der Waals surface area contributed by atoms with Crippen molar-refractivity contribution < 1.29 is 0 Å². The maximum atomic E-state index is 5.87. The van der Waals surface area contributed by atoms with Crippen LogP contribution in [0, 0.1) is 6.92 Å². The van der Waals surface area contributed by atoms with Gasteiger partial charge in [-0.2, -0.15) is 0 Å². The van der Waals surface area contributed by atoms with Crippen molar-refractivity contribution in [2.24, 2.45) is 5.84 Å². The number of hydrogen-bond donors (Lipinski definition) is 2. The smallest absolute Gasteiger partial charge is 0.0543 e. The molecule has 3 heteroatoms. The molecule has 3 N–H and O–H groups in total. The molecule has 2 atom stereocenters. The van der Waals surface area contributed by atoms with Gasteiger partial charge in [-0.15, -0.1) is 0 Å². The average Bonchev–Trinajstić information content (AvgIpc) is 2.48. The highest BCUT2D eigenvalue weighted by Crippen LogP contribution is 2.39. The molecule has 0 fully saturated rings. The molecule has 1 aromatic heterocycles. The molecular weight excluding hydrogens is 246 g/mol. The number of benzene rings is 1. The lowest BCUT2D eigenvalue weighted by Crippen LogP contribution is -2.34. The fourth-order valence-electron chi connectivity index (χ4n) is 3.33. The molecule has 2 aromatic rings. The first-order valence-electron chi connectivity index (χ1n) is 7.25. The van der Waals surface area contributed by atoms with Gasteiger partial charge in [0.25, 0.3) is 0 Å². The van der Waals surface area contributed by atoms with Crippen molar-refractivity contribution in [3.05, 3.63) is 65.0 Å². The third-order valence-electron chi connectivity index (χ3n) is 4.25. The van der Waals surface area contributed by atoms with Crippen LogP contribution in [-0.4, -0.2) is 4.98 Å². The van der Waals surface area contributed by atoms with Crippen molar-refractivity contribution in [3.63, 3.8) is 0 Å². The summed E-state index contributed by atoms with van der Waals surface area (Å²) in [6.07, 6.45) is 7.37. The van der Waals surface area contributed by atoms with Gasteiger partial charge in [-0.1, -0.05) is 30.3 Å². The zero-order valence-corrected chi connectivity index (χ0v) is 11.8. The molecule has 0 saturated carbocycles. The van der Waals surface area contributed by atoms with E-state index in [2.05, 4.69) is 47.7 Å². The first-order chi connectivity index (χ1) is 9.79. The van der Waals surface area contributed by atoms with Crippen LogP contribution in [0.3, 0.4) is 0 Å². The zero-order chi connectivity index (χ0) is 13.9. The third kappa shape index (κ3) is 2.47. The van der Waals surface area contributed by atoms with Gasteiger partial charge in [-0.05, 0) is 48.4 Å². The van der Waals surface area contributed by atoms with Crippen molar-refractivity contribution in [3.8, 4) is 0 Å². The second kappa shape index (κ2) is 5.73. The Kier molecular flexibility index (Phi) is 3.81. The number of fused-ring (bicyclic) bond motifs is 1. The second-order valence-corrected chi connectivity index (χ2v) is 5.64. The second-order valence-electron chi connectivity index (χ2n) is 5.64. The first-order valence-corrected chi connectivity index (χ1v) is 7.25. The molecule has 0 saturated heterocycles. The van der Waals surface area contributed by atoms with Crippen LogP contribution in [0.4, 0.5) is 0 Å². The van der Waals surface area contributed by atoms with Crippen molar-refractivity contribution in [1.82, 2.24) is 10.4 Å². The number of hydrogen-bond acceptors (Lipinski definition) is 3. The van der Waals surface area contributed by atoms with Crippen LogP contribution in [0.5, 0.6) is 0 Å². The minimum Gasteiger partial charge on any atom is -0.271 e. The highest BCUT2D eigenvalue weighted by atomic mass is 15.2. The van der Waals surface area contributed by atoms with Gasteiger partial charge < -0.3 is 0 Å². The summed E-state index contributed by atoms with van der Waals surface area (Å²) < 4.78 is 0. The van der Waals surface area contributed by atoms with Crippen LogP contribution in [-0.2, 0) is 6.42 Å². The zero-order valence-electron chi connectivity index (χ0n) is 11.8. The summed E-state index contributed by atoms with van der Waals surface area (Å²) in [6.45, 7) is 2.07. The van der Waals surface area contributed by atoms with Gasteiger partial charge in [0.15, 0.2) is 0 Å². The molecule has 1 heterocycles. The maximum Gasteiger partial charge on any atom is 0.0543 e. The summed E-state index contributed by atoms with van der Waals surface area (Å²) >= 11 is 0. The first kappa shape index (κ1) is 13.3. The van der Waals surface area contributed by atoms with E-state index in [1.807, 2.05) is 12.4 Å². The van der Waals surface area contributed by atoms with E-state index in [4.69, 9.17) is 5.84 Å². The van der Waals surface area contributed by atoms with Crippen LogP contribution >= 0.6 is 0 Å². The van der Waals surface area contributed by atoms with Crippen LogP contribution in [0.15, 0.2) is 42.7 Å². The lowest BCUT2D eigenvalue weighted by atomic mass is 9.77. The van der Waals surface area contributed by atoms with Gasteiger partial charge in [0.1, 0.15) is 0 Å². The molecule has 1 aromatic carbocycles. The van der Waals surface area contributed by atoms with Gasteiger partial charge in [-0.3, -0.25) is 16.3 Å². The predicted octanol–water partition coefficient (Wildman–Crippen LogP) is 3.01. The number of aryl methyl sites for hydroxylation is 2. The Morgan fingerprint density at radius 3 is 2.95 bits per heavy atom. The number of rotatable bonds is 3. The Morgan fingerprint density at radius 1 is 1.30 bits per heavy atom. The summed E-state index contributed by atoms with van der Waals surface area (Å²) in [5.74, 6) is 6.29. The third-order valence-corrected chi connectivity index (χ3v) is 4.25. The van der Waals surface area contributed by atoms with E-state index >= 15 is 0 Å². The summed E-state index contributed by atoms with van der Waals surface area (Å²) in [4.78, 5) is 4.31. The summed E-state index contributed by atoms with van der Waals surface area (Å²) in [5, 5.41) is 0. The van der Waals surface area contributed by atoms with Crippen LogP contribution in [0.1, 0.15) is 47.1 Å². The van der Waals surface area contributed by atoms with Crippen LogP contribution in [0.2, 0.25) is 0 Å². The number of aromatic nitrogens is 1. The minimum absolute atomic E-state index is 0.129. The standard InChI is InChI=1S/C17H21N3/c1-12-9-14(11-19-10-12)17(20-18)16-8-4-6-13-5-2-3-7-15(13)16/h2-3,5,7,9-11,16-17,20H,4,6,8,18H2,1H3. The number of nitrogens with zero attached hydrogens (tertiary/aromatic N) is 1. The number of pyridine rings is 1. The van der Waals surface area contributed by atoms with Crippen molar-refractivity contribution in [2.45, 2.75) is 38.1 Å². The van der Waals surface area contributed by atoms with Gasteiger partial charge in [0, 0.05) is 18.3 Å². The molecule has 20 heavy (non-hydrogen) atoms. The highest BCUT2D eigenvalue weighted by molar-refractivity contribution is 5.36. The van der Waals surface area contributed by atoms with Crippen molar-refractivity contribution >= 4 is 0 Å². The van der Waals surface area contributed by atoms with Gasteiger partial charge in [0.2, 0.25) is 0 Å². The lowest BCUT2D eigenvalue weighted by Gasteiger charge is -2.32. The van der Waals surface area contributed by atoms with Gasteiger partial charge in [-0.25, -0.2) is 0 Å². The SMILES string of the molecule is Cc1cncc(C(NN)C2CCCc3ccccc32)c1. The van der Waals surface area contributed by atoms with Crippen LogP contribution < -0.4 is 11.3 Å². The maximum absolute atomic E-state index is 5.87. The summed E-state index contributed by atoms with van der Waals surface area (Å²) in [7, 11) is 0. The molecule has 2 unspecified atom stereocenters. The van der Waals surface area contributed by atoms with E-state index in [1.165, 1.54) is 41.5 Å². The summed E-state index contributed by atoms with van der Waals surface area (Å²) in [5.41, 5.74) is 8.26. The fourth-order valence-corrected chi connectivity index (χ4v) is 3.33. The number of hydrazine groups is 1. The molecule has 0 aliphatic heterocycles. The Balaban J connectivity index is 1.99. The molecule has 3 nitrogen and oxygen atoms in total. The van der Waals surface area contributed by atoms with E-state index in [1.54, 1.807) is 0 Å². The molecule has 0 radical (unpaired) electrons. The minimum atomic E-state index is 0.129. The van der Waals surface area contributed by atoms with E-state index in [-0.39, 0.29) is 6.04 Å². The molecule has 0 spiro atoms. The van der Waals surface area contributed by atoms with E-state index in [0.717, 1.165) is 0 Å². The van der Waals surface area contributed by atoms with Gasteiger partial charge in [0.05, 0.1) is 6.04 Å². The Hall–Kier alpha value is -1.71. The molecule has 104 valence electrons. The van der Waals surface area contributed by atoms with Crippen LogP contribution in [0.25, 0.3) is 0 Å². The van der Waals surface area contributed by atoms with E-state index < -0.39 is 0 Å². The lowest BCUT2D eigenvalue weighted by molar-refractivity contribution is 0.407. The Labute approximate surface area is 120 Å². The Bertz CT molecular complexity index is 594. The quantitative estimate of drug-likeness (QED) is 0.664. The van der Waals surface area contributed by atoms with Gasteiger partial charge >= 0.3 is 0 Å². The van der Waals surface area contributed by atoms with Crippen molar-refractivity contribution in [2.75, 3.05) is 0 Å².